The molecule has 0 aliphatic carbocycles. The van der Waals surface area contributed by atoms with Crippen molar-refractivity contribution in [2.45, 2.75) is 0 Å². The summed E-state index contributed by atoms with van der Waals surface area (Å²) in [4.78, 5) is 9.76. The molecule has 0 saturated heterocycles. The Bertz CT molecular complexity index is 334. The molecule has 0 amide bonds. The fourth-order valence-electron chi connectivity index (χ4n) is 0.749. The molecule has 0 unspecified atom stereocenters. The summed E-state index contributed by atoms with van der Waals surface area (Å²) in [7, 11) is 1.47. The average Bonchev–Trinajstić information content (AvgIpc) is 2.30. The molecule has 0 aromatic carbocycles. The third-order valence-electron chi connectivity index (χ3n) is 1.24. The van der Waals surface area contributed by atoms with Gasteiger partial charge in [-0.15, -0.1) is 11.1 Å². The summed E-state index contributed by atoms with van der Waals surface area (Å²) < 4.78 is 1.13. The minimum Gasteiger partial charge on any atom is -0.358 e. The third kappa shape index (κ3) is 1.05. The van der Waals surface area contributed by atoms with Crippen molar-refractivity contribution in [2.24, 2.45) is 7.05 Å². The minimum atomic E-state index is -0.553. The molecule has 5 heteroatoms. The van der Waals surface area contributed by atoms with Crippen LogP contribution in [-0.2, 0) is 7.05 Å². The zero-order chi connectivity index (χ0) is 8.43. The predicted molar refractivity (Wildman–Crippen MR) is 37.8 cm³/mol. The number of terminal acetylenes is 1. The van der Waals surface area contributed by atoms with Crippen LogP contribution in [0.2, 0.25) is 0 Å². The van der Waals surface area contributed by atoms with Gasteiger partial charge in [-0.05, 0) is 4.92 Å². The average molecular weight is 151 g/mol. The number of rotatable bonds is 1. The summed E-state index contributed by atoms with van der Waals surface area (Å²) in [5.41, 5.74) is 0.206. The molecule has 0 radical (unpaired) electrons. The van der Waals surface area contributed by atoms with Gasteiger partial charge < -0.3 is 10.1 Å². The predicted octanol–water partition coefficient (Wildman–Crippen LogP) is 0.310. The first-order valence-corrected chi connectivity index (χ1v) is 2.80. The molecular formula is C6H5N3O2. The van der Waals surface area contributed by atoms with Gasteiger partial charge in [-0.25, -0.2) is 0 Å². The summed E-state index contributed by atoms with van der Waals surface area (Å²) in [6, 6.07) is 0. The fourth-order valence-corrected chi connectivity index (χ4v) is 0.749. The van der Waals surface area contributed by atoms with Gasteiger partial charge in [0.2, 0.25) is 0 Å². The van der Waals surface area contributed by atoms with Crippen molar-refractivity contribution in [3.05, 3.63) is 21.9 Å². The van der Waals surface area contributed by atoms with E-state index in [4.69, 9.17) is 6.42 Å². The lowest BCUT2D eigenvalue weighted by Gasteiger charge is -1.91. The molecular weight excluding hydrogens is 146 g/mol. The SMILES string of the molecule is C#Cc1cnn(C)c1[N+](=O)[O-]. The molecule has 0 bridgehead atoms. The van der Waals surface area contributed by atoms with Crippen LogP contribution in [0.3, 0.4) is 0 Å². The van der Waals surface area contributed by atoms with Crippen molar-refractivity contribution < 1.29 is 4.92 Å². The van der Waals surface area contributed by atoms with Crippen molar-refractivity contribution in [2.75, 3.05) is 0 Å². The highest BCUT2D eigenvalue weighted by atomic mass is 16.6. The van der Waals surface area contributed by atoms with Gasteiger partial charge in [0, 0.05) is 0 Å². The van der Waals surface area contributed by atoms with E-state index >= 15 is 0 Å². The fraction of sp³-hybridized carbons (Fsp3) is 0.167. The standard InChI is InChI=1S/C6H5N3O2/c1-3-5-4-7-8(2)6(5)9(10)11/h1,4H,2H3. The Morgan fingerprint density at radius 1 is 1.91 bits per heavy atom. The monoisotopic (exact) mass is 151 g/mol. The van der Waals surface area contributed by atoms with E-state index in [0.29, 0.717) is 0 Å². The molecule has 1 rings (SSSR count). The first-order chi connectivity index (χ1) is 5.16. The Hall–Kier alpha value is -1.83. The molecule has 0 atom stereocenters. The van der Waals surface area contributed by atoms with Gasteiger partial charge in [-0.3, -0.25) is 0 Å². The lowest BCUT2D eigenvalue weighted by molar-refractivity contribution is -0.392. The van der Waals surface area contributed by atoms with Crippen LogP contribution in [0, 0.1) is 22.5 Å². The maximum absolute atomic E-state index is 10.3. The van der Waals surface area contributed by atoms with Gasteiger partial charge in [-0.2, -0.15) is 0 Å². The van der Waals surface area contributed by atoms with Crippen molar-refractivity contribution in [1.82, 2.24) is 9.78 Å². The van der Waals surface area contributed by atoms with Gasteiger partial charge in [0.25, 0.3) is 0 Å². The smallest absolute Gasteiger partial charge is 0.358 e. The molecule has 0 aliphatic rings. The quantitative estimate of drug-likeness (QED) is 0.329. The number of nitro groups is 1. The molecule has 56 valence electrons. The Balaban J connectivity index is 3.32. The number of nitrogens with zero attached hydrogens (tertiary/aromatic N) is 3. The lowest BCUT2D eigenvalue weighted by atomic mass is 10.3. The van der Waals surface area contributed by atoms with E-state index < -0.39 is 4.92 Å². The normalized spacial score (nSPS) is 9.09. The van der Waals surface area contributed by atoms with Gasteiger partial charge in [0.05, 0.1) is 6.20 Å². The van der Waals surface area contributed by atoms with Crippen LogP contribution in [0.25, 0.3) is 0 Å². The summed E-state index contributed by atoms with van der Waals surface area (Å²) in [6.45, 7) is 0. The highest BCUT2D eigenvalue weighted by Gasteiger charge is 2.16. The zero-order valence-corrected chi connectivity index (χ0v) is 5.81. The van der Waals surface area contributed by atoms with Crippen molar-refractivity contribution in [1.29, 1.82) is 0 Å². The Kier molecular flexibility index (Phi) is 1.60. The van der Waals surface area contributed by atoms with Crippen molar-refractivity contribution >= 4 is 5.82 Å². The molecule has 0 N–H and O–H groups in total. The van der Waals surface area contributed by atoms with Crippen LogP contribution in [-0.4, -0.2) is 14.7 Å². The number of hydrogen-bond donors (Lipinski definition) is 0. The molecule has 1 aromatic rings. The molecule has 0 aliphatic heterocycles. The van der Waals surface area contributed by atoms with Crippen LogP contribution in [0.4, 0.5) is 5.82 Å². The summed E-state index contributed by atoms with van der Waals surface area (Å²) in [5, 5.41) is 14.0. The van der Waals surface area contributed by atoms with Crippen molar-refractivity contribution in [3.63, 3.8) is 0 Å². The maximum atomic E-state index is 10.3. The molecule has 11 heavy (non-hydrogen) atoms. The Labute approximate surface area is 62.8 Å². The van der Waals surface area contributed by atoms with Crippen LogP contribution in [0.1, 0.15) is 5.56 Å². The first kappa shape index (κ1) is 7.28. The number of aromatic nitrogens is 2. The van der Waals surface area contributed by atoms with E-state index in [-0.39, 0.29) is 11.4 Å². The van der Waals surface area contributed by atoms with Gasteiger partial charge >= 0.3 is 5.82 Å². The molecule has 0 saturated carbocycles. The summed E-state index contributed by atoms with van der Waals surface area (Å²) in [6.07, 6.45) is 6.28. The maximum Gasteiger partial charge on any atom is 0.360 e. The number of aryl methyl sites for hydroxylation is 1. The van der Waals surface area contributed by atoms with E-state index in [1.807, 2.05) is 0 Å². The van der Waals surface area contributed by atoms with E-state index in [0.717, 1.165) is 4.68 Å². The first-order valence-electron chi connectivity index (χ1n) is 2.80. The summed E-state index contributed by atoms with van der Waals surface area (Å²) >= 11 is 0. The summed E-state index contributed by atoms with van der Waals surface area (Å²) in [5.74, 6) is 2.03. The van der Waals surface area contributed by atoms with Crippen LogP contribution >= 0.6 is 0 Å². The molecule has 0 fully saturated rings. The topological polar surface area (TPSA) is 61.0 Å². The Morgan fingerprint density at radius 3 is 2.91 bits per heavy atom. The van der Waals surface area contributed by atoms with E-state index in [1.54, 1.807) is 0 Å². The van der Waals surface area contributed by atoms with E-state index in [9.17, 15) is 10.1 Å². The van der Waals surface area contributed by atoms with Crippen LogP contribution in [0.5, 0.6) is 0 Å². The molecule has 5 nitrogen and oxygen atoms in total. The van der Waals surface area contributed by atoms with Crippen LogP contribution < -0.4 is 0 Å². The Morgan fingerprint density at radius 2 is 2.55 bits per heavy atom. The second kappa shape index (κ2) is 2.42. The zero-order valence-electron chi connectivity index (χ0n) is 5.81. The molecule has 1 aromatic heterocycles. The second-order valence-electron chi connectivity index (χ2n) is 1.91. The van der Waals surface area contributed by atoms with E-state index in [1.165, 1.54) is 13.2 Å². The molecule has 1 heterocycles. The molecule has 0 spiro atoms. The second-order valence-corrected chi connectivity index (χ2v) is 1.91. The highest BCUT2D eigenvalue weighted by Crippen LogP contribution is 2.14. The van der Waals surface area contributed by atoms with Gasteiger partial charge in [0.1, 0.15) is 12.6 Å². The highest BCUT2D eigenvalue weighted by molar-refractivity contribution is 5.43. The van der Waals surface area contributed by atoms with Crippen LogP contribution in [0.15, 0.2) is 6.20 Å². The largest absolute Gasteiger partial charge is 0.360 e. The minimum absolute atomic E-state index is 0.146. The lowest BCUT2D eigenvalue weighted by Crippen LogP contribution is -1.99. The number of hydrogen-bond acceptors (Lipinski definition) is 3. The third-order valence-corrected chi connectivity index (χ3v) is 1.24. The van der Waals surface area contributed by atoms with E-state index in [2.05, 4.69) is 11.0 Å². The van der Waals surface area contributed by atoms with Gasteiger partial charge in [0.15, 0.2) is 0 Å². The van der Waals surface area contributed by atoms with Gasteiger partial charge in [-0.1, -0.05) is 11.0 Å². The van der Waals surface area contributed by atoms with Crippen molar-refractivity contribution in [3.8, 4) is 12.3 Å².